The molecule has 5 nitrogen and oxygen atoms in total. The van der Waals surface area contributed by atoms with E-state index >= 15 is 0 Å². The fourth-order valence-electron chi connectivity index (χ4n) is 2.57. The second-order valence-corrected chi connectivity index (χ2v) is 9.13. The number of halogens is 2. The van der Waals surface area contributed by atoms with E-state index in [4.69, 9.17) is 23.2 Å². The first-order chi connectivity index (χ1) is 12.6. The zero-order valence-corrected chi connectivity index (χ0v) is 17.7. The number of amides is 1. The minimum Gasteiger partial charge on any atom is -0.326 e. The number of carbonyl (C=O) groups is 1. The molecule has 0 heterocycles. The third kappa shape index (κ3) is 6.13. The van der Waals surface area contributed by atoms with E-state index in [0.29, 0.717) is 17.1 Å². The molecular weight excluding hydrogens is 407 g/mol. The van der Waals surface area contributed by atoms with E-state index in [9.17, 15) is 13.2 Å². The predicted molar refractivity (Wildman–Crippen MR) is 112 cm³/mol. The van der Waals surface area contributed by atoms with Crippen molar-refractivity contribution in [1.82, 2.24) is 0 Å². The van der Waals surface area contributed by atoms with Gasteiger partial charge >= 0.3 is 0 Å². The molecule has 0 atom stereocenters. The normalized spacial score (nSPS) is 11.3. The number of anilines is 2. The molecule has 1 amide bonds. The summed E-state index contributed by atoms with van der Waals surface area (Å²) in [5.41, 5.74) is 3.27. The van der Waals surface area contributed by atoms with E-state index in [1.807, 2.05) is 32.0 Å². The van der Waals surface area contributed by atoms with E-state index in [0.717, 1.165) is 23.1 Å². The maximum absolute atomic E-state index is 12.2. The summed E-state index contributed by atoms with van der Waals surface area (Å²) in [4.78, 5) is 12.2. The highest BCUT2D eigenvalue weighted by Crippen LogP contribution is 2.30. The Bertz CT molecular complexity index is 946. The molecule has 0 saturated heterocycles. The van der Waals surface area contributed by atoms with E-state index in [1.165, 1.54) is 10.4 Å². The summed E-state index contributed by atoms with van der Waals surface area (Å²) in [7, 11) is -3.57. The molecule has 0 spiro atoms. The predicted octanol–water partition coefficient (Wildman–Crippen LogP) is 4.80. The Morgan fingerprint density at radius 2 is 1.78 bits per heavy atom. The summed E-state index contributed by atoms with van der Waals surface area (Å²) >= 11 is 12.1. The van der Waals surface area contributed by atoms with Gasteiger partial charge in [-0.2, -0.15) is 0 Å². The lowest BCUT2D eigenvalue weighted by Crippen LogP contribution is -2.31. The van der Waals surface area contributed by atoms with Crippen LogP contribution in [-0.4, -0.2) is 27.1 Å². The van der Waals surface area contributed by atoms with Crippen molar-refractivity contribution in [3.63, 3.8) is 0 Å². The Morgan fingerprint density at radius 3 is 2.41 bits per heavy atom. The second kappa shape index (κ2) is 8.95. The average Bonchev–Trinajstić information content (AvgIpc) is 2.56. The Morgan fingerprint density at radius 1 is 1.07 bits per heavy atom. The van der Waals surface area contributed by atoms with Gasteiger partial charge in [-0.25, -0.2) is 8.42 Å². The number of sulfonamides is 1. The molecule has 2 aromatic carbocycles. The molecule has 0 fully saturated rings. The molecule has 0 aliphatic rings. The highest BCUT2D eigenvalue weighted by Gasteiger charge is 2.20. The van der Waals surface area contributed by atoms with Gasteiger partial charge in [-0.1, -0.05) is 29.3 Å². The second-order valence-electron chi connectivity index (χ2n) is 6.38. The highest BCUT2D eigenvalue weighted by molar-refractivity contribution is 7.92. The van der Waals surface area contributed by atoms with Gasteiger partial charge in [0.1, 0.15) is 0 Å². The molecule has 2 rings (SSSR count). The van der Waals surface area contributed by atoms with Gasteiger partial charge in [0.15, 0.2) is 0 Å². The molecule has 0 radical (unpaired) electrons. The summed E-state index contributed by atoms with van der Waals surface area (Å²) in [5, 5.41) is 3.50. The first-order valence-corrected chi connectivity index (χ1v) is 11.0. The van der Waals surface area contributed by atoms with Crippen molar-refractivity contribution in [2.24, 2.45) is 0 Å². The number of nitrogens with one attached hydrogen (secondary N) is 1. The van der Waals surface area contributed by atoms with Gasteiger partial charge in [0, 0.05) is 23.7 Å². The first-order valence-electron chi connectivity index (χ1n) is 8.38. The van der Waals surface area contributed by atoms with Gasteiger partial charge in [0.25, 0.3) is 0 Å². The number of carbonyl (C=O) groups excluding carboxylic acids is 1. The summed E-state index contributed by atoms with van der Waals surface area (Å²) in [6, 6.07) is 10.3. The van der Waals surface area contributed by atoms with Crippen LogP contribution in [0.2, 0.25) is 10.0 Å². The lowest BCUT2D eigenvalue weighted by molar-refractivity contribution is -0.116. The van der Waals surface area contributed by atoms with Gasteiger partial charge < -0.3 is 5.32 Å². The lowest BCUT2D eigenvalue weighted by atomic mass is 10.1. The maximum atomic E-state index is 12.2. The van der Waals surface area contributed by atoms with Crippen LogP contribution in [0.3, 0.4) is 0 Å². The zero-order chi connectivity index (χ0) is 20.2. The number of benzene rings is 2. The number of nitrogens with zero attached hydrogens (tertiary/aromatic N) is 1. The smallest absolute Gasteiger partial charge is 0.232 e. The minimum atomic E-state index is -3.57. The molecule has 146 valence electrons. The maximum Gasteiger partial charge on any atom is 0.232 e. The molecule has 2 aromatic rings. The molecule has 0 aromatic heterocycles. The number of rotatable bonds is 7. The summed E-state index contributed by atoms with van der Waals surface area (Å²) in [6.45, 7) is 4.10. The summed E-state index contributed by atoms with van der Waals surface area (Å²) in [6.07, 6.45) is 1.61. The van der Waals surface area contributed by atoms with Gasteiger partial charge in [0.05, 0.1) is 17.0 Å². The lowest BCUT2D eigenvalue weighted by Gasteiger charge is -2.23. The Balaban J connectivity index is 2.02. The largest absolute Gasteiger partial charge is 0.326 e. The van der Waals surface area contributed by atoms with E-state index in [-0.39, 0.29) is 23.9 Å². The number of hydrogen-bond acceptors (Lipinski definition) is 3. The van der Waals surface area contributed by atoms with Crippen LogP contribution >= 0.6 is 23.2 Å². The molecule has 8 heteroatoms. The number of hydrogen-bond donors (Lipinski definition) is 1. The molecule has 0 saturated carbocycles. The molecule has 0 bridgehead atoms. The van der Waals surface area contributed by atoms with Crippen LogP contribution in [0.5, 0.6) is 0 Å². The van der Waals surface area contributed by atoms with Crippen LogP contribution in [0.4, 0.5) is 11.4 Å². The van der Waals surface area contributed by atoms with Gasteiger partial charge in [-0.3, -0.25) is 9.10 Å². The number of aryl methyl sites for hydroxylation is 2. The molecule has 0 unspecified atom stereocenters. The fourth-order valence-corrected chi connectivity index (χ4v) is 3.97. The highest BCUT2D eigenvalue weighted by atomic mass is 35.5. The van der Waals surface area contributed by atoms with Crippen LogP contribution in [0.1, 0.15) is 24.0 Å². The van der Waals surface area contributed by atoms with E-state index in [1.54, 1.807) is 12.1 Å². The standard InChI is InChI=1S/C19H22Cl2N2O3S/c1-13-6-8-16(11-14(13)2)22-19(24)5-4-10-23(27(3,25)26)18-12-15(20)7-9-17(18)21/h6-9,11-12H,4-5,10H2,1-3H3,(H,22,24). The topological polar surface area (TPSA) is 66.5 Å². The zero-order valence-electron chi connectivity index (χ0n) is 15.4. The molecule has 0 aliphatic heterocycles. The third-order valence-electron chi connectivity index (χ3n) is 4.13. The monoisotopic (exact) mass is 428 g/mol. The fraction of sp³-hybridized carbons (Fsp3) is 0.316. The van der Waals surface area contributed by atoms with Gasteiger partial charge in [0.2, 0.25) is 15.9 Å². The van der Waals surface area contributed by atoms with Crippen molar-refractivity contribution in [2.45, 2.75) is 26.7 Å². The minimum absolute atomic E-state index is 0.124. The summed E-state index contributed by atoms with van der Waals surface area (Å²) < 4.78 is 25.5. The van der Waals surface area contributed by atoms with Crippen LogP contribution in [0.25, 0.3) is 0 Å². The Hall–Kier alpha value is -1.76. The van der Waals surface area contributed by atoms with Crippen molar-refractivity contribution in [2.75, 3.05) is 22.4 Å². The summed E-state index contributed by atoms with van der Waals surface area (Å²) in [5.74, 6) is -0.177. The molecule has 1 N–H and O–H groups in total. The van der Waals surface area contributed by atoms with E-state index in [2.05, 4.69) is 5.32 Å². The Kier molecular flexibility index (Phi) is 7.14. The van der Waals surface area contributed by atoms with Crippen LogP contribution < -0.4 is 9.62 Å². The van der Waals surface area contributed by atoms with Crippen molar-refractivity contribution in [3.05, 3.63) is 57.6 Å². The molecule has 27 heavy (non-hydrogen) atoms. The van der Waals surface area contributed by atoms with Crippen LogP contribution in [0, 0.1) is 13.8 Å². The van der Waals surface area contributed by atoms with Gasteiger partial charge in [-0.05, 0) is 61.7 Å². The van der Waals surface area contributed by atoms with Crippen molar-refractivity contribution >= 4 is 50.5 Å². The SMILES string of the molecule is Cc1ccc(NC(=O)CCCN(c2cc(Cl)ccc2Cl)S(C)(=O)=O)cc1C. The van der Waals surface area contributed by atoms with Crippen LogP contribution in [-0.2, 0) is 14.8 Å². The van der Waals surface area contributed by atoms with Gasteiger partial charge in [-0.15, -0.1) is 0 Å². The Labute approximate surface area is 170 Å². The van der Waals surface area contributed by atoms with Crippen molar-refractivity contribution < 1.29 is 13.2 Å². The quantitative estimate of drug-likeness (QED) is 0.688. The molecular formula is C19H22Cl2N2O3S. The average molecular weight is 429 g/mol. The van der Waals surface area contributed by atoms with E-state index < -0.39 is 10.0 Å². The van der Waals surface area contributed by atoms with Crippen LogP contribution in [0.15, 0.2) is 36.4 Å². The van der Waals surface area contributed by atoms with Crippen molar-refractivity contribution in [3.8, 4) is 0 Å². The molecule has 0 aliphatic carbocycles. The van der Waals surface area contributed by atoms with Crippen molar-refractivity contribution in [1.29, 1.82) is 0 Å². The first kappa shape index (κ1) is 21.5. The third-order valence-corrected chi connectivity index (χ3v) is 5.87.